The number of hydrogen-bond acceptors (Lipinski definition) is 5. The quantitative estimate of drug-likeness (QED) is 0.377. The number of carbonyl (C=O) groups is 2. The molecule has 9 heteroatoms. The van der Waals surface area contributed by atoms with Gasteiger partial charge in [0.1, 0.15) is 5.82 Å². The van der Waals surface area contributed by atoms with Crippen molar-refractivity contribution in [3.8, 4) is 0 Å². The van der Waals surface area contributed by atoms with Gasteiger partial charge in [-0.05, 0) is 86.1 Å². The van der Waals surface area contributed by atoms with Crippen LogP contribution in [0.3, 0.4) is 0 Å². The van der Waals surface area contributed by atoms with E-state index in [1.54, 1.807) is 0 Å². The maximum absolute atomic E-state index is 13.5. The molecule has 0 atom stereocenters. The van der Waals surface area contributed by atoms with E-state index in [0.29, 0.717) is 47.5 Å². The zero-order valence-corrected chi connectivity index (χ0v) is 22.1. The van der Waals surface area contributed by atoms with Gasteiger partial charge in [0.2, 0.25) is 11.8 Å². The molecule has 38 heavy (non-hydrogen) atoms. The van der Waals surface area contributed by atoms with Gasteiger partial charge >= 0.3 is 0 Å². The number of hydrogen-bond donors (Lipinski definition) is 2. The molecule has 0 radical (unpaired) electrons. The van der Waals surface area contributed by atoms with Crippen LogP contribution in [0.2, 0.25) is 0 Å². The van der Waals surface area contributed by atoms with Gasteiger partial charge in [-0.2, -0.15) is 0 Å². The molecular weight excluding hydrogens is 501 g/mol. The molecular formula is C29H32FN5O2S. The SMILES string of the molecule is O=C(CSc1nnc(CNC(=O)C23CC4CC(CC(C4)C2)C3)n1Cc1ccccc1)Nc1ccc(F)cc1. The first-order chi connectivity index (χ1) is 18.5. The number of anilines is 1. The van der Waals surface area contributed by atoms with Crippen molar-refractivity contribution in [1.29, 1.82) is 0 Å². The summed E-state index contributed by atoms with van der Waals surface area (Å²) in [5, 5.41) is 15.4. The predicted molar refractivity (Wildman–Crippen MR) is 144 cm³/mol. The first kappa shape index (κ1) is 25.1. The molecule has 0 unspecified atom stereocenters. The van der Waals surface area contributed by atoms with E-state index in [1.165, 1.54) is 55.3 Å². The van der Waals surface area contributed by atoms with E-state index in [9.17, 15) is 14.0 Å². The van der Waals surface area contributed by atoms with Crippen LogP contribution in [0.15, 0.2) is 59.8 Å². The van der Waals surface area contributed by atoms with Crippen LogP contribution < -0.4 is 10.6 Å². The van der Waals surface area contributed by atoms with E-state index in [0.717, 1.165) is 24.8 Å². The Morgan fingerprint density at radius 1 is 0.947 bits per heavy atom. The number of halogens is 1. The summed E-state index contributed by atoms with van der Waals surface area (Å²) in [5.74, 6) is 2.52. The summed E-state index contributed by atoms with van der Waals surface area (Å²) >= 11 is 1.29. The van der Waals surface area contributed by atoms with Crippen LogP contribution in [0.25, 0.3) is 0 Å². The number of nitrogens with zero attached hydrogens (tertiary/aromatic N) is 3. The molecule has 1 heterocycles. The van der Waals surface area contributed by atoms with E-state index in [1.807, 2.05) is 34.9 Å². The van der Waals surface area contributed by atoms with E-state index >= 15 is 0 Å². The third-order valence-corrected chi connectivity index (χ3v) is 9.33. The summed E-state index contributed by atoms with van der Waals surface area (Å²) in [6.07, 6.45) is 6.96. The van der Waals surface area contributed by atoms with Crippen molar-refractivity contribution in [3.63, 3.8) is 0 Å². The monoisotopic (exact) mass is 533 g/mol. The summed E-state index contributed by atoms with van der Waals surface area (Å²) < 4.78 is 15.1. The molecule has 0 aliphatic heterocycles. The van der Waals surface area contributed by atoms with Crippen LogP contribution >= 0.6 is 11.8 Å². The van der Waals surface area contributed by atoms with Gasteiger partial charge in [-0.25, -0.2) is 4.39 Å². The first-order valence-corrected chi connectivity index (χ1v) is 14.4. The Morgan fingerprint density at radius 2 is 1.61 bits per heavy atom. The third kappa shape index (κ3) is 5.34. The van der Waals surface area contributed by atoms with Crippen molar-refractivity contribution >= 4 is 29.3 Å². The Morgan fingerprint density at radius 3 is 2.26 bits per heavy atom. The van der Waals surface area contributed by atoms with Gasteiger partial charge in [0.25, 0.3) is 0 Å². The summed E-state index contributed by atoms with van der Waals surface area (Å²) in [5.41, 5.74) is 1.41. The number of nitrogens with one attached hydrogen (secondary N) is 2. The number of thioether (sulfide) groups is 1. The highest BCUT2D eigenvalue weighted by Gasteiger charge is 2.54. The Hall–Kier alpha value is -3.20. The first-order valence-electron chi connectivity index (χ1n) is 13.4. The van der Waals surface area contributed by atoms with Gasteiger partial charge < -0.3 is 15.2 Å². The molecule has 2 amide bonds. The zero-order chi connectivity index (χ0) is 26.1. The fourth-order valence-corrected chi connectivity index (χ4v) is 7.83. The summed E-state index contributed by atoms with van der Waals surface area (Å²) in [6.45, 7) is 0.848. The van der Waals surface area contributed by atoms with Crippen molar-refractivity contribution < 1.29 is 14.0 Å². The molecule has 4 aliphatic carbocycles. The topological polar surface area (TPSA) is 88.9 Å². The average molecular weight is 534 g/mol. The average Bonchev–Trinajstić information content (AvgIpc) is 3.28. The molecule has 7 rings (SSSR count). The number of aromatic nitrogens is 3. The van der Waals surface area contributed by atoms with Crippen LogP contribution in [0.1, 0.15) is 49.9 Å². The number of rotatable bonds is 9. The maximum Gasteiger partial charge on any atom is 0.234 e. The van der Waals surface area contributed by atoms with Crippen molar-refractivity contribution in [1.82, 2.24) is 20.1 Å². The van der Waals surface area contributed by atoms with Crippen molar-refractivity contribution in [3.05, 3.63) is 71.8 Å². The molecule has 4 aliphatic rings. The van der Waals surface area contributed by atoms with Gasteiger partial charge in [-0.3, -0.25) is 9.59 Å². The molecule has 4 fully saturated rings. The number of carbonyl (C=O) groups excluding carboxylic acids is 2. The zero-order valence-electron chi connectivity index (χ0n) is 21.2. The van der Waals surface area contributed by atoms with Gasteiger partial charge in [-0.15, -0.1) is 10.2 Å². The minimum atomic E-state index is -0.353. The minimum absolute atomic E-state index is 0.129. The molecule has 4 saturated carbocycles. The van der Waals surface area contributed by atoms with Gasteiger partial charge in [0, 0.05) is 11.1 Å². The van der Waals surface area contributed by atoms with E-state index in [2.05, 4.69) is 20.8 Å². The highest BCUT2D eigenvalue weighted by atomic mass is 32.2. The molecule has 2 N–H and O–H groups in total. The minimum Gasteiger partial charge on any atom is -0.348 e. The fraction of sp³-hybridized carbons (Fsp3) is 0.448. The highest BCUT2D eigenvalue weighted by Crippen LogP contribution is 2.60. The van der Waals surface area contributed by atoms with Gasteiger partial charge in [-0.1, -0.05) is 42.1 Å². The van der Waals surface area contributed by atoms with Crippen LogP contribution in [-0.4, -0.2) is 32.3 Å². The lowest BCUT2D eigenvalue weighted by Gasteiger charge is -2.55. The van der Waals surface area contributed by atoms with Crippen LogP contribution in [-0.2, 0) is 22.7 Å². The second-order valence-electron chi connectivity index (χ2n) is 11.2. The normalized spacial score (nSPS) is 25.3. The molecule has 0 spiro atoms. The Bertz CT molecular complexity index is 1270. The molecule has 4 bridgehead atoms. The molecule has 2 aromatic carbocycles. The van der Waals surface area contributed by atoms with Crippen LogP contribution in [0, 0.1) is 29.0 Å². The fourth-order valence-electron chi connectivity index (χ4n) is 7.08. The van der Waals surface area contributed by atoms with E-state index < -0.39 is 0 Å². The van der Waals surface area contributed by atoms with Gasteiger partial charge in [0.15, 0.2) is 11.0 Å². The molecule has 198 valence electrons. The maximum atomic E-state index is 13.5. The largest absolute Gasteiger partial charge is 0.348 e. The van der Waals surface area contributed by atoms with Crippen LogP contribution in [0.5, 0.6) is 0 Å². The molecule has 3 aromatic rings. The summed E-state index contributed by atoms with van der Waals surface area (Å²) in [4.78, 5) is 26.0. The standard InChI is InChI=1S/C29H32FN5O2S/c30-23-6-8-24(9-7-23)32-26(36)18-38-28-34-33-25(35(28)17-19-4-2-1-3-5-19)16-31-27(37)29-13-20-10-21(14-29)12-22(11-20)15-29/h1-9,20-22H,10-18H2,(H,31,37)(H,32,36). The lowest BCUT2D eigenvalue weighted by atomic mass is 9.49. The number of amides is 2. The Balaban J connectivity index is 1.14. The lowest BCUT2D eigenvalue weighted by Crippen LogP contribution is -2.53. The van der Waals surface area contributed by atoms with Crippen molar-refractivity contribution in [2.24, 2.45) is 23.2 Å². The van der Waals surface area contributed by atoms with Crippen molar-refractivity contribution in [2.45, 2.75) is 56.8 Å². The summed E-state index contributed by atoms with van der Waals surface area (Å²) in [7, 11) is 0. The summed E-state index contributed by atoms with van der Waals surface area (Å²) in [6, 6.07) is 15.7. The Labute approximate surface area is 226 Å². The highest BCUT2D eigenvalue weighted by molar-refractivity contribution is 7.99. The lowest BCUT2D eigenvalue weighted by molar-refractivity contribution is -0.146. The molecule has 1 aromatic heterocycles. The number of benzene rings is 2. The predicted octanol–water partition coefficient (Wildman–Crippen LogP) is 5.03. The smallest absolute Gasteiger partial charge is 0.234 e. The Kier molecular flexibility index (Phi) is 6.95. The van der Waals surface area contributed by atoms with E-state index in [-0.39, 0.29) is 28.8 Å². The van der Waals surface area contributed by atoms with Crippen molar-refractivity contribution in [2.75, 3.05) is 11.1 Å². The van der Waals surface area contributed by atoms with Crippen LogP contribution in [0.4, 0.5) is 10.1 Å². The molecule has 7 nitrogen and oxygen atoms in total. The molecule has 0 saturated heterocycles. The second kappa shape index (κ2) is 10.5. The van der Waals surface area contributed by atoms with E-state index in [4.69, 9.17) is 0 Å². The third-order valence-electron chi connectivity index (χ3n) is 8.36. The van der Waals surface area contributed by atoms with Gasteiger partial charge in [0.05, 0.1) is 18.8 Å². The second-order valence-corrected chi connectivity index (χ2v) is 12.1.